The molecule has 80 valence electrons. The van der Waals surface area contributed by atoms with Crippen LogP contribution in [0.4, 0.5) is 0 Å². The van der Waals surface area contributed by atoms with Gasteiger partial charge >= 0.3 is 0 Å². The first kappa shape index (κ1) is 11.6. The first-order valence-electron chi connectivity index (χ1n) is 4.88. The number of hydrogen-bond donors (Lipinski definition) is 0. The second-order valence-corrected chi connectivity index (χ2v) is 5.48. The highest BCUT2D eigenvalue weighted by atomic mass is 35.5. The van der Waals surface area contributed by atoms with E-state index in [1.807, 2.05) is 12.5 Å². The van der Waals surface area contributed by atoms with E-state index in [-0.39, 0.29) is 11.0 Å². The van der Waals surface area contributed by atoms with E-state index in [2.05, 4.69) is 44.2 Å². The highest BCUT2D eigenvalue weighted by Crippen LogP contribution is 2.36. The van der Waals surface area contributed by atoms with Crippen LogP contribution in [0.1, 0.15) is 40.3 Å². The van der Waals surface area contributed by atoms with E-state index in [4.69, 9.17) is 11.6 Å². The minimum absolute atomic E-state index is 0.0459. The van der Waals surface area contributed by atoms with Crippen LogP contribution in [0.2, 0.25) is 0 Å². The lowest BCUT2D eigenvalue weighted by Crippen LogP contribution is -2.39. The Hall–Kier alpha value is -0.500. The number of nitrogens with zero attached hydrogens (tertiary/aromatic N) is 2. The Morgan fingerprint density at radius 1 is 1.29 bits per heavy atom. The van der Waals surface area contributed by atoms with E-state index in [0.717, 1.165) is 5.69 Å². The Bertz CT molecular complexity index is 307. The Labute approximate surface area is 91.3 Å². The normalized spacial score (nSPS) is 13.3. The van der Waals surface area contributed by atoms with Gasteiger partial charge in [0, 0.05) is 11.7 Å². The van der Waals surface area contributed by atoms with Gasteiger partial charge in [0.2, 0.25) is 0 Å². The van der Waals surface area contributed by atoms with Crippen LogP contribution >= 0.6 is 11.6 Å². The van der Waals surface area contributed by atoms with Gasteiger partial charge < -0.3 is 4.57 Å². The molecule has 1 heterocycles. The fourth-order valence-electron chi connectivity index (χ4n) is 1.13. The summed E-state index contributed by atoms with van der Waals surface area (Å²) in [6.07, 6.45) is 3.89. The molecule has 0 saturated heterocycles. The van der Waals surface area contributed by atoms with Gasteiger partial charge in [-0.1, -0.05) is 20.8 Å². The largest absolute Gasteiger partial charge is 0.331 e. The van der Waals surface area contributed by atoms with Crippen molar-refractivity contribution in [1.82, 2.24) is 9.55 Å². The summed E-state index contributed by atoms with van der Waals surface area (Å²) in [6.45, 7) is 11.1. The number of aromatic nitrogens is 2. The summed E-state index contributed by atoms with van der Waals surface area (Å²) >= 11 is 5.73. The topological polar surface area (TPSA) is 17.8 Å². The van der Waals surface area contributed by atoms with Crippen molar-refractivity contribution in [2.75, 3.05) is 0 Å². The van der Waals surface area contributed by atoms with Gasteiger partial charge in [-0.2, -0.15) is 0 Å². The van der Waals surface area contributed by atoms with E-state index >= 15 is 0 Å². The molecule has 0 radical (unpaired) electrons. The molecule has 1 aromatic rings. The number of halogens is 1. The lowest BCUT2D eigenvalue weighted by molar-refractivity contribution is 0.140. The third-order valence-corrected chi connectivity index (χ3v) is 3.53. The van der Waals surface area contributed by atoms with E-state index < -0.39 is 0 Å². The maximum atomic E-state index is 5.73. The average molecular weight is 215 g/mol. The van der Waals surface area contributed by atoms with Gasteiger partial charge in [0.05, 0.1) is 17.9 Å². The molecule has 0 aliphatic rings. The molecule has 3 heteroatoms. The summed E-state index contributed by atoms with van der Waals surface area (Å²) in [7, 11) is 0. The summed E-state index contributed by atoms with van der Waals surface area (Å²) in [5.41, 5.74) is 1.17. The summed E-state index contributed by atoms with van der Waals surface area (Å²) < 4.78 is 2.14. The monoisotopic (exact) mass is 214 g/mol. The fourth-order valence-corrected chi connectivity index (χ4v) is 1.26. The van der Waals surface area contributed by atoms with Crippen LogP contribution in [0, 0.1) is 5.41 Å². The molecular weight excluding hydrogens is 196 g/mol. The molecule has 0 atom stereocenters. The first-order chi connectivity index (χ1) is 6.29. The molecule has 0 unspecified atom stereocenters. The van der Waals surface area contributed by atoms with Gasteiger partial charge in [0.1, 0.15) is 0 Å². The van der Waals surface area contributed by atoms with Crippen molar-refractivity contribution >= 4 is 11.6 Å². The highest BCUT2D eigenvalue weighted by Gasteiger charge is 2.34. The van der Waals surface area contributed by atoms with Crippen molar-refractivity contribution in [3.8, 4) is 0 Å². The van der Waals surface area contributed by atoms with Gasteiger partial charge in [0.25, 0.3) is 0 Å². The van der Waals surface area contributed by atoms with Crippen molar-refractivity contribution in [3.63, 3.8) is 0 Å². The van der Waals surface area contributed by atoms with Crippen LogP contribution in [0.5, 0.6) is 0 Å². The number of hydrogen-bond acceptors (Lipinski definition) is 1. The van der Waals surface area contributed by atoms with Gasteiger partial charge in [-0.05, 0) is 19.3 Å². The summed E-state index contributed by atoms with van der Waals surface area (Å²) in [6, 6.07) is 0. The first-order valence-corrected chi connectivity index (χ1v) is 5.42. The molecule has 0 N–H and O–H groups in total. The van der Waals surface area contributed by atoms with Crippen LogP contribution in [-0.2, 0) is 11.4 Å². The van der Waals surface area contributed by atoms with Gasteiger partial charge in [-0.3, -0.25) is 0 Å². The molecule has 0 spiro atoms. The molecule has 0 saturated carbocycles. The third kappa shape index (κ3) is 1.95. The van der Waals surface area contributed by atoms with Gasteiger partial charge in [0.15, 0.2) is 0 Å². The molecule has 0 fully saturated rings. The average Bonchev–Trinajstić information content (AvgIpc) is 2.49. The fraction of sp³-hybridized carbons (Fsp3) is 0.727. The molecule has 0 aliphatic heterocycles. The summed E-state index contributed by atoms with van der Waals surface area (Å²) in [5.74, 6) is 0.479. The molecule has 0 aliphatic carbocycles. The van der Waals surface area contributed by atoms with Crippen molar-refractivity contribution in [1.29, 1.82) is 0 Å². The molecule has 14 heavy (non-hydrogen) atoms. The van der Waals surface area contributed by atoms with E-state index in [1.54, 1.807) is 0 Å². The van der Waals surface area contributed by atoms with E-state index in [0.29, 0.717) is 5.88 Å². The Balaban J connectivity index is 3.04. The van der Waals surface area contributed by atoms with Crippen molar-refractivity contribution in [2.24, 2.45) is 5.41 Å². The smallest absolute Gasteiger partial charge is 0.0955 e. The Morgan fingerprint density at radius 3 is 2.21 bits per heavy atom. The van der Waals surface area contributed by atoms with Crippen LogP contribution in [-0.4, -0.2) is 9.55 Å². The molecule has 1 aromatic heterocycles. The van der Waals surface area contributed by atoms with Crippen molar-refractivity contribution < 1.29 is 0 Å². The highest BCUT2D eigenvalue weighted by molar-refractivity contribution is 6.16. The van der Waals surface area contributed by atoms with Gasteiger partial charge in [-0.25, -0.2) is 4.98 Å². The second-order valence-electron chi connectivity index (χ2n) is 5.21. The lowest BCUT2D eigenvalue weighted by atomic mass is 9.76. The third-order valence-electron chi connectivity index (χ3n) is 3.25. The molecule has 0 bridgehead atoms. The molecular formula is C11H19ClN2. The van der Waals surface area contributed by atoms with Crippen LogP contribution in [0.15, 0.2) is 12.5 Å². The zero-order chi connectivity index (χ0) is 11.0. The van der Waals surface area contributed by atoms with Crippen molar-refractivity contribution in [3.05, 3.63) is 18.2 Å². The molecule has 0 aromatic carbocycles. The molecule has 1 rings (SSSR count). The SMILES string of the molecule is CC(C)(C)C(C)(C)n1cnc(CCl)c1. The van der Waals surface area contributed by atoms with E-state index in [9.17, 15) is 0 Å². The molecule has 2 nitrogen and oxygen atoms in total. The molecule has 0 amide bonds. The quantitative estimate of drug-likeness (QED) is 0.690. The van der Waals surface area contributed by atoms with Crippen LogP contribution in [0.3, 0.4) is 0 Å². The number of imidazole rings is 1. The van der Waals surface area contributed by atoms with Crippen LogP contribution < -0.4 is 0 Å². The van der Waals surface area contributed by atoms with E-state index in [1.165, 1.54) is 0 Å². The second kappa shape index (κ2) is 3.58. The van der Waals surface area contributed by atoms with Crippen LogP contribution in [0.25, 0.3) is 0 Å². The summed E-state index contributed by atoms with van der Waals surface area (Å²) in [5, 5.41) is 0. The lowest BCUT2D eigenvalue weighted by Gasteiger charge is -2.40. The maximum Gasteiger partial charge on any atom is 0.0955 e. The predicted octanol–water partition coefficient (Wildman–Crippen LogP) is 3.40. The Kier molecular flexibility index (Phi) is 2.96. The minimum Gasteiger partial charge on any atom is -0.331 e. The zero-order valence-corrected chi connectivity index (χ0v) is 10.4. The minimum atomic E-state index is 0.0459. The van der Waals surface area contributed by atoms with Crippen molar-refractivity contribution in [2.45, 2.75) is 46.0 Å². The Morgan fingerprint density at radius 2 is 1.86 bits per heavy atom. The van der Waals surface area contributed by atoms with Gasteiger partial charge in [-0.15, -0.1) is 11.6 Å². The summed E-state index contributed by atoms with van der Waals surface area (Å²) in [4.78, 5) is 4.25. The standard InChI is InChI=1S/C11H19ClN2/c1-10(2,3)11(4,5)14-7-9(6-12)13-8-14/h7-8H,6H2,1-5H3. The number of alkyl halides is 1. The maximum absolute atomic E-state index is 5.73. The zero-order valence-electron chi connectivity index (χ0n) is 9.63. The number of rotatable bonds is 2. The predicted molar refractivity (Wildman–Crippen MR) is 60.6 cm³/mol.